The average molecular weight is 360 g/mol. The molecule has 1 atom stereocenters. The summed E-state index contributed by atoms with van der Waals surface area (Å²) in [6.45, 7) is 9.43. The molecule has 6 heteroatoms. The molecule has 0 aliphatic carbocycles. The summed E-state index contributed by atoms with van der Waals surface area (Å²) in [7, 11) is 1.72. The Labute approximate surface area is 154 Å². The molecule has 1 aromatic heterocycles. The van der Waals surface area contributed by atoms with Gasteiger partial charge in [0.05, 0.1) is 0 Å². The maximum absolute atomic E-state index is 12.6. The van der Waals surface area contributed by atoms with Crippen LogP contribution in [-0.4, -0.2) is 35.6 Å². The second-order valence-electron chi connectivity index (χ2n) is 7.42. The zero-order valence-electron chi connectivity index (χ0n) is 16.4. The number of para-hydroxylation sites is 1. The highest BCUT2D eigenvalue weighted by Crippen LogP contribution is 2.27. The molecule has 2 amide bonds. The predicted octanol–water partition coefficient (Wildman–Crippen LogP) is 3.87. The van der Waals surface area contributed by atoms with E-state index >= 15 is 0 Å². The molecule has 142 valence electrons. The van der Waals surface area contributed by atoms with E-state index in [9.17, 15) is 9.59 Å². The fourth-order valence-corrected chi connectivity index (χ4v) is 2.80. The molecule has 2 aromatic rings. The van der Waals surface area contributed by atoms with Crippen molar-refractivity contribution in [3.8, 4) is 0 Å². The summed E-state index contributed by atoms with van der Waals surface area (Å²) in [5.41, 5.74) is 1.22. The van der Waals surface area contributed by atoms with Gasteiger partial charge in [0.1, 0.15) is 23.0 Å². The van der Waals surface area contributed by atoms with Crippen LogP contribution in [0.4, 0.5) is 4.79 Å². The average Bonchev–Trinajstić information content (AvgIpc) is 2.90. The number of furan rings is 1. The number of rotatable bonds is 5. The maximum Gasteiger partial charge on any atom is 0.408 e. The molecule has 26 heavy (non-hydrogen) atoms. The predicted molar refractivity (Wildman–Crippen MR) is 101 cm³/mol. The number of amides is 2. The number of ether oxygens (including phenoxy) is 1. The summed E-state index contributed by atoms with van der Waals surface area (Å²) in [6, 6.07) is 7.12. The van der Waals surface area contributed by atoms with E-state index in [4.69, 9.17) is 9.15 Å². The van der Waals surface area contributed by atoms with Gasteiger partial charge in [-0.3, -0.25) is 4.79 Å². The first kappa shape index (κ1) is 19.8. The second-order valence-corrected chi connectivity index (χ2v) is 7.42. The lowest BCUT2D eigenvalue weighted by Gasteiger charge is -2.24. The minimum absolute atomic E-state index is 0.191. The Balaban J connectivity index is 2.08. The van der Waals surface area contributed by atoms with Crippen LogP contribution in [0.1, 0.15) is 45.9 Å². The molecule has 0 fully saturated rings. The van der Waals surface area contributed by atoms with Gasteiger partial charge in [-0.15, -0.1) is 0 Å². The molecule has 1 heterocycles. The van der Waals surface area contributed by atoms with Gasteiger partial charge in [-0.2, -0.15) is 0 Å². The van der Waals surface area contributed by atoms with Crippen LogP contribution in [0.15, 0.2) is 28.7 Å². The fourth-order valence-electron chi connectivity index (χ4n) is 2.80. The summed E-state index contributed by atoms with van der Waals surface area (Å²) in [6.07, 6.45) is 0.146. The highest BCUT2D eigenvalue weighted by Gasteiger charge is 2.24. The molecule has 0 unspecified atom stereocenters. The number of carbonyl (C=O) groups excluding carboxylic acids is 2. The standard InChI is InChI=1S/C20H28N2O4/c1-7-16-15(14-10-8-9-11-17(14)25-16)12-22(6)18(23)13(2)21-19(24)26-20(3,4)5/h8-11,13H,7,12H2,1-6H3,(H,21,24)/t13-/m1/s1. The van der Waals surface area contributed by atoms with Gasteiger partial charge in [0.15, 0.2) is 0 Å². The Kier molecular flexibility index (Phi) is 5.95. The Morgan fingerprint density at radius 3 is 2.54 bits per heavy atom. The van der Waals surface area contributed by atoms with E-state index < -0.39 is 17.7 Å². The lowest BCUT2D eigenvalue weighted by Crippen LogP contribution is -2.46. The first-order chi connectivity index (χ1) is 12.1. The number of fused-ring (bicyclic) bond motifs is 1. The van der Waals surface area contributed by atoms with Crippen molar-refractivity contribution < 1.29 is 18.7 Å². The van der Waals surface area contributed by atoms with Gasteiger partial charge in [0.2, 0.25) is 5.91 Å². The number of benzene rings is 1. The van der Waals surface area contributed by atoms with Crippen LogP contribution in [0.3, 0.4) is 0 Å². The number of alkyl carbamates (subject to hydrolysis) is 1. The van der Waals surface area contributed by atoms with Crippen molar-refractivity contribution in [1.82, 2.24) is 10.2 Å². The Bertz CT molecular complexity index is 789. The number of carbonyl (C=O) groups is 2. The number of nitrogens with one attached hydrogen (secondary N) is 1. The summed E-state index contributed by atoms with van der Waals surface area (Å²) in [5, 5.41) is 3.60. The zero-order valence-corrected chi connectivity index (χ0v) is 16.4. The van der Waals surface area contributed by atoms with E-state index in [0.29, 0.717) is 6.54 Å². The van der Waals surface area contributed by atoms with Gasteiger partial charge in [-0.1, -0.05) is 25.1 Å². The van der Waals surface area contributed by atoms with Crippen LogP contribution >= 0.6 is 0 Å². The lowest BCUT2D eigenvalue weighted by molar-refractivity contribution is -0.132. The maximum atomic E-state index is 12.6. The summed E-state index contributed by atoms with van der Waals surface area (Å²) >= 11 is 0. The van der Waals surface area contributed by atoms with E-state index in [0.717, 1.165) is 28.7 Å². The van der Waals surface area contributed by atoms with E-state index in [1.807, 2.05) is 31.2 Å². The van der Waals surface area contributed by atoms with Crippen molar-refractivity contribution in [1.29, 1.82) is 0 Å². The van der Waals surface area contributed by atoms with Crippen molar-refractivity contribution in [3.63, 3.8) is 0 Å². The Morgan fingerprint density at radius 2 is 1.92 bits per heavy atom. The molecular weight excluding hydrogens is 332 g/mol. The topological polar surface area (TPSA) is 71.8 Å². The van der Waals surface area contributed by atoms with E-state index in [-0.39, 0.29) is 5.91 Å². The highest BCUT2D eigenvalue weighted by atomic mass is 16.6. The zero-order chi connectivity index (χ0) is 19.5. The molecule has 0 saturated carbocycles. The summed E-state index contributed by atoms with van der Waals surface area (Å²) < 4.78 is 11.1. The minimum atomic E-state index is -0.682. The van der Waals surface area contributed by atoms with Crippen LogP contribution in [0.5, 0.6) is 0 Å². The molecule has 1 N–H and O–H groups in total. The van der Waals surface area contributed by atoms with Crippen molar-refractivity contribution in [2.24, 2.45) is 0 Å². The number of hydrogen-bond acceptors (Lipinski definition) is 4. The third kappa shape index (κ3) is 4.77. The van der Waals surface area contributed by atoms with Gasteiger partial charge >= 0.3 is 6.09 Å². The quantitative estimate of drug-likeness (QED) is 0.879. The van der Waals surface area contributed by atoms with Crippen molar-refractivity contribution in [2.45, 2.75) is 59.2 Å². The molecule has 0 bridgehead atoms. The number of aryl methyl sites for hydroxylation is 1. The molecule has 6 nitrogen and oxygen atoms in total. The molecule has 0 aliphatic rings. The lowest BCUT2D eigenvalue weighted by atomic mass is 10.1. The van der Waals surface area contributed by atoms with Crippen molar-refractivity contribution in [2.75, 3.05) is 7.05 Å². The SMILES string of the molecule is CCc1oc2ccccc2c1CN(C)C(=O)[C@@H](C)NC(=O)OC(C)(C)C. The van der Waals surface area contributed by atoms with Gasteiger partial charge in [-0.25, -0.2) is 4.79 Å². The van der Waals surface area contributed by atoms with Crippen LogP contribution in [0.2, 0.25) is 0 Å². The summed E-state index contributed by atoms with van der Waals surface area (Å²) in [5.74, 6) is 0.682. The van der Waals surface area contributed by atoms with Crippen molar-refractivity contribution in [3.05, 3.63) is 35.6 Å². The Morgan fingerprint density at radius 1 is 1.27 bits per heavy atom. The molecule has 2 rings (SSSR count). The van der Waals surface area contributed by atoms with Crippen LogP contribution < -0.4 is 5.32 Å². The molecule has 0 aliphatic heterocycles. The van der Waals surface area contributed by atoms with Gasteiger partial charge < -0.3 is 19.4 Å². The van der Waals surface area contributed by atoms with Crippen LogP contribution in [-0.2, 0) is 22.5 Å². The third-order valence-corrected chi connectivity index (χ3v) is 3.98. The van der Waals surface area contributed by atoms with Gasteiger partial charge in [-0.05, 0) is 33.8 Å². The smallest absolute Gasteiger partial charge is 0.408 e. The third-order valence-electron chi connectivity index (χ3n) is 3.98. The molecule has 1 aromatic carbocycles. The molecule has 0 saturated heterocycles. The van der Waals surface area contributed by atoms with Crippen LogP contribution in [0.25, 0.3) is 11.0 Å². The highest BCUT2D eigenvalue weighted by molar-refractivity contribution is 5.86. The van der Waals surface area contributed by atoms with E-state index in [2.05, 4.69) is 5.32 Å². The fraction of sp³-hybridized carbons (Fsp3) is 0.500. The first-order valence-electron chi connectivity index (χ1n) is 8.86. The monoisotopic (exact) mass is 360 g/mol. The summed E-state index contributed by atoms with van der Waals surface area (Å²) in [4.78, 5) is 26.1. The number of likely N-dealkylation sites (N-methyl/N-ethyl adjacent to an activating group) is 1. The minimum Gasteiger partial charge on any atom is -0.461 e. The van der Waals surface area contributed by atoms with Crippen LogP contribution in [0, 0.1) is 0 Å². The van der Waals surface area contributed by atoms with Gasteiger partial charge in [0.25, 0.3) is 0 Å². The van der Waals surface area contributed by atoms with Gasteiger partial charge in [0, 0.05) is 31.0 Å². The second kappa shape index (κ2) is 7.81. The number of nitrogens with zero attached hydrogens (tertiary/aromatic N) is 1. The molecule has 0 spiro atoms. The normalized spacial score (nSPS) is 12.7. The first-order valence-corrected chi connectivity index (χ1v) is 8.86. The molecule has 0 radical (unpaired) electrons. The van der Waals surface area contributed by atoms with E-state index in [1.165, 1.54) is 0 Å². The number of hydrogen-bond donors (Lipinski definition) is 1. The molecular formula is C20H28N2O4. The Hall–Kier alpha value is -2.50. The largest absolute Gasteiger partial charge is 0.461 e. The van der Waals surface area contributed by atoms with Crippen molar-refractivity contribution >= 4 is 23.0 Å². The van der Waals surface area contributed by atoms with E-state index in [1.54, 1.807) is 39.6 Å².